The summed E-state index contributed by atoms with van der Waals surface area (Å²) in [6, 6.07) is 2.27. The summed E-state index contributed by atoms with van der Waals surface area (Å²) >= 11 is 1.06. The molecule has 1 aromatic heterocycles. The van der Waals surface area contributed by atoms with Crippen molar-refractivity contribution >= 4 is 44.6 Å². The van der Waals surface area contributed by atoms with Gasteiger partial charge in [-0.25, -0.2) is 26.9 Å². The average molecular weight is 618 g/mol. The number of anilines is 2. The summed E-state index contributed by atoms with van der Waals surface area (Å²) in [5, 5.41) is 13.8. The molecule has 1 aliphatic rings. The van der Waals surface area contributed by atoms with Gasteiger partial charge in [0.1, 0.15) is 16.5 Å². The van der Waals surface area contributed by atoms with Crippen LogP contribution in [-0.4, -0.2) is 73.6 Å². The number of aromatic nitrogens is 1. The second-order valence-corrected chi connectivity index (χ2v) is 13.9. The quantitative estimate of drug-likeness (QED) is 0.200. The zero-order valence-corrected chi connectivity index (χ0v) is 26.0. The minimum absolute atomic E-state index is 0.0423. The van der Waals surface area contributed by atoms with Crippen LogP contribution in [0.2, 0.25) is 0 Å². The number of nitrogens with zero attached hydrogens (tertiary/aromatic N) is 2. The Morgan fingerprint density at radius 2 is 1.66 bits per heavy atom. The van der Waals surface area contributed by atoms with Crippen LogP contribution in [0.4, 0.5) is 19.7 Å². The molecule has 1 aliphatic carbocycles. The van der Waals surface area contributed by atoms with Crippen LogP contribution in [0.3, 0.4) is 0 Å². The van der Waals surface area contributed by atoms with Crippen molar-refractivity contribution in [3.63, 3.8) is 0 Å². The van der Waals surface area contributed by atoms with Crippen molar-refractivity contribution in [1.82, 2.24) is 14.6 Å². The zero-order chi connectivity index (χ0) is 30.9. The second kappa shape index (κ2) is 15.5. The monoisotopic (exact) mass is 617 g/mol. The van der Waals surface area contributed by atoms with Crippen LogP contribution in [0.25, 0.3) is 0 Å². The lowest BCUT2D eigenvalue weighted by molar-refractivity contribution is -0.122. The van der Waals surface area contributed by atoms with Crippen LogP contribution in [0.1, 0.15) is 74.2 Å². The number of thiazole rings is 1. The fourth-order valence-electron chi connectivity index (χ4n) is 4.59. The van der Waals surface area contributed by atoms with Crippen LogP contribution < -0.4 is 15.4 Å². The van der Waals surface area contributed by atoms with E-state index >= 15 is 0 Å². The largest absolute Gasteiger partial charge is 0.483 e. The molecule has 10 nitrogen and oxygen atoms in total. The highest BCUT2D eigenvalue weighted by Gasteiger charge is 2.29. The van der Waals surface area contributed by atoms with Crippen molar-refractivity contribution in [2.45, 2.75) is 78.0 Å². The van der Waals surface area contributed by atoms with Crippen molar-refractivity contribution in [1.29, 1.82) is 0 Å². The van der Waals surface area contributed by atoms with Crippen molar-refractivity contribution in [2.75, 3.05) is 30.5 Å². The van der Waals surface area contributed by atoms with Crippen molar-refractivity contribution in [3.05, 3.63) is 39.8 Å². The molecule has 0 atom stereocenters. The molecular formula is C27H41F2N5O5S2. The Hall–Kier alpha value is -2.68. The van der Waals surface area contributed by atoms with Crippen LogP contribution in [0.5, 0.6) is 0 Å². The Labute approximate surface area is 245 Å². The molecule has 0 spiro atoms. The summed E-state index contributed by atoms with van der Waals surface area (Å²) in [7, 11) is 0.275. The lowest BCUT2D eigenvalue weighted by Gasteiger charge is -2.29. The first-order chi connectivity index (χ1) is 19.1. The lowest BCUT2D eigenvalue weighted by Crippen LogP contribution is -2.41. The molecule has 1 aromatic carbocycles. The molecule has 0 bridgehead atoms. The number of hydrogen-bond donors (Lipinski definition) is 4. The molecule has 0 radical (unpaired) electrons. The number of hydrogen-bond acceptors (Lipinski definition) is 9. The van der Waals surface area contributed by atoms with Gasteiger partial charge in [0.05, 0.1) is 11.3 Å². The van der Waals surface area contributed by atoms with E-state index in [0.29, 0.717) is 30.1 Å². The standard InChI is InChI=1S/C26H39F2N5O3S2.CH2O2/c1-15(2)14-38(35,36)32-19-9-7-18(8-10-19)30-26-31-25(29-16(3)4)24(37-26)23(34)22-20(27)11-17(12-21(22)28)13-33(5)6;2-1-3/h11-12,15-16,18-19,29,32H,7-10,13-14H2,1-6H3,(H,30,31);1H,(H,2,3)/t18-,19-;. The van der Waals surface area contributed by atoms with Gasteiger partial charge < -0.3 is 20.6 Å². The summed E-state index contributed by atoms with van der Waals surface area (Å²) in [6.07, 6.45) is 2.81. The average Bonchev–Trinajstić information content (AvgIpc) is 3.20. The molecule has 0 saturated heterocycles. The highest BCUT2D eigenvalue weighted by molar-refractivity contribution is 7.89. The van der Waals surface area contributed by atoms with Gasteiger partial charge in [0.2, 0.25) is 15.8 Å². The number of carbonyl (C=O) groups is 2. The van der Waals surface area contributed by atoms with Gasteiger partial charge in [-0.05, 0) is 77.2 Å². The Kier molecular flexibility index (Phi) is 13.1. The molecule has 0 amide bonds. The topological polar surface area (TPSA) is 141 Å². The molecule has 1 saturated carbocycles. The molecule has 230 valence electrons. The first-order valence-electron chi connectivity index (χ1n) is 13.4. The molecule has 2 aromatic rings. The number of sulfonamides is 1. The molecule has 3 rings (SSSR count). The maximum Gasteiger partial charge on any atom is 0.290 e. The smallest absolute Gasteiger partial charge is 0.290 e. The van der Waals surface area contributed by atoms with E-state index in [0.717, 1.165) is 24.2 Å². The molecule has 0 aliphatic heterocycles. The van der Waals surface area contributed by atoms with Gasteiger partial charge in [-0.1, -0.05) is 25.2 Å². The third kappa shape index (κ3) is 10.9. The van der Waals surface area contributed by atoms with Gasteiger partial charge in [0.15, 0.2) is 10.9 Å². The maximum atomic E-state index is 14.9. The summed E-state index contributed by atoms with van der Waals surface area (Å²) in [5.74, 6) is -2.12. The maximum absolute atomic E-state index is 14.9. The molecule has 14 heteroatoms. The van der Waals surface area contributed by atoms with Gasteiger partial charge in [0, 0.05) is 24.7 Å². The Bertz CT molecular complexity index is 1250. The van der Waals surface area contributed by atoms with E-state index in [2.05, 4.69) is 20.3 Å². The van der Waals surface area contributed by atoms with Crippen LogP contribution in [0, 0.1) is 17.6 Å². The fourth-order valence-corrected chi connectivity index (χ4v) is 7.26. The van der Waals surface area contributed by atoms with Crippen molar-refractivity contribution in [2.24, 2.45) is 5.92 Å². The van der Waals surface area contributed by atoms with Crippen molar-refractivity contribution < 1.29 is 31.9 Å². The Morgan fingerprint density at radius 3 is 2.15 bits per heavy atom. The first-order valence-corrected chi connectivity index (χ1v) is 15.9. The molecular weight excluding hydrogens is 576 g/mol. The SMILES string of the molecule is CC(C)CS(=O)(=O)N[C@H]1CC[C@H](Nc2nc(NC(C)C)c(C(=O)c3c(F)cc(CN(C)C)cc3F)s2)CC1.O=CO. The van der Waals surface area contributed by atoms with Gasteiger partial charge in [-0.3, -0.25) is 9.59 Å². The van der Waals surface area contributed by atoms with E-state index in [1.807, 2.05) is 27.7 Å². The second-order valence-electron chi connectivity index (χ2n) is 11.1. The Morgan fingerprint density at radius 1 is 1.12 bits per heavy atom. The fraction of sp³-hybridized carbons (Fsp3) is 0.593. The number of rotatable bonds is 12. The van der Waals surface area contributed by atoms with Crippen LogP contribution in [-0.2, 0) is 21.4 Å². The highest BCUT2D eigenvalue weighted by atomic mass is 32.2. The molecule has 41 heavy (non-hydrogen) atoms. The van der Waals surface area contributed by atoms with Crippen LogP contribution >= 0.6 is 11.3 Å². The number of carboxylic acid groups (broad SMARTS) is 1. The first kappa shape index (κ1) is 34.5. The normalized spacial score (nSPS) is 17.3. The molecule has 1 fully saturated rings. The highest BCUT2D eigenvalue weighted by Crippen LogP contribution is 2.33. The number of carbonyl (C=O) groups excluding carboxylic acids is 1. The minimum Gasteiger partial charge on any atom is -0.483 e. The van der Waals surface area contributed by atoms with E-state index in [1.54, 1.807) is 19.0 Å². The summed E-state index contributed by atoms with van der Waals surface area (Å²) < 4.78 is 57.2. The van der Waals surface area contributed by atoms with E-state index in [9.17, 15) is 22.0 Å². The zero-order valence-electron chi connectivity index (χ0n) is 24.3. The number of nitrogens with one attached hydrogen (secondary N) is 3. The van der Waals surface area contributed by atoms with Gasteiger partial charge in [-0.15, -0.1) is 0 Å². The molecule has 4 N–H and O–H groups in total. The third-order valence-corrected chi connectivity index (χ3v) is 8.82. The minimum atomic E-state index is -3.31. The lowest BCUT2D eigenvalue weighted by atomic mass is 9.92. The van der Waals surface area contributed by atoms with E-state index in [1.165, 1.54) is 12.1 Å². The number of ketones is 1. The van der Waals surface area contributed by atoms with Crippen molar-refractivity contribution in [3.8, 4) is 0 Å². The number of halogens is 2. The predicted octanol–water partition coefficient (Wildman–Crippen LogP) is 4.53. The number of benzene rings is 1. The van der Waals surface area contributed by atoms with Gasteiger partial charge in [-0.2, -0.15) is 0 Å². The summed E-state index contributed by atoms with van der Waals surface area (Å²) in [6.45, 7) is 7.62. The third-order valence-electron chi connectivity index (χ3n) is 6.04. The summed E-state index contributed by atoms with van der Waals surface area (Å²) in [5.41, 5.74) is -0.153. The predicted molar refractivity (Wildman–Crippen MR) is 158 cm³/mol. The van der Waals surface area contributed by atoms with E-state index < -0.39 is 33.0 Å². The van der Waals surface area contributed by atoms with E-state index in [4.69, 9.17) is 9.90 Å². The summed E-state index contributed by atoms with van der Waals surface area (Å²) in [4.78, 5) is 28.1. The molecule has 0 unspecified atom stereocenters. The molecule has 1 heterocycles. The van der Waals surface area contributed by atoms with Crippen LogP contribution in [0.15, 0.2) is 12.1 Å². The van der Waals surface area contributed by atoms with Gasteiger partial charge >= 0.3 is 0 Å². The van der Waals surface area contributed by atoms with Gasteiger partial charge in [0.25, 0.3) is 6.47 Å². The van der Waals surface area contributed by atoms with E-state index in [-0.39, 0.29) is 47.0 Å². The Balaban J connectivity index is 0.00000187.